The molecule has 140 valence electrons. The van der Waals surface area contributed by atoms with Gasteiger partial charge < -0.3 is 24.7 Å². The molecule has 3 heterocycles. The topological polar surface area (TPSA) is 92.5 Å². The molecule has 0 aromatic carbocycles. The molecule has 2 N–H and O–H groups in total. The van der Waals surface area contributed by atoms with Gasteiger partial charge in [0.25, 0.3) is 0 Å². The lowest BCUT2D eigenvalue weighted by atomic mass is 10.1. The molecule has 3 rings (SSSR count). The lowest BCUT2D eigenvalue weighted by Gasteiger charge is -2.31. The number of likely N-dealkylation sites (tertiary alicyclic amines) is 1. The van der Waals surface area contributed by atoms with Crippen LogP contribution >= 0.6 is 0 Å². The van der Waals surface area contributed by atoms with Crippen LogP contribution in [-0.4, -0.2) is 46.7 Å². The Balaban J connectivity index is 1.54. The summed E-state index contributed by atoms with van der Waals surface area (Å²) in [6.45, 7) is 6.08. The van der Waals surface area contributed by atoms with Crippen molar-refractivity contribution >= 4 is 17.9 Å². The summed E-state index contributed by atoms with van der Waals surface area (Å²) < 4.78 is 10.4. The number of amides is 1. The standard InChI is InChI=1S/C18H25N5O3/c1-3-25-18(24)23-8-6-14(7-9-23)21-17-20-13(2)11-16(22-17)19-12-15-5-4-10-26-15/h4-5,10-11,14H,3,6-9,12H2,1-2H3,(H2,19,20,21,22). The summed E-state index contributed by atoms with van der Waals surface area (Å²) in [5.41, 5.74) is 0.883. The number of anilines is 2. The molecule has 2 aromatic rings. The number of aromatic nitrogens is 2. The molecule has 1 aliphatic rings. The van der Waals surface area contributed by atoms with Crippen LogP contribution in [0.1, 0.15) is 31.2 Å². The van der Waals surface area contributed by atoms with E-state index in [1.54, 1.807) is 11.2 Å². The minimum Gasteiger partial charge on any atom is -0.467 e. The SMILES string of the molecule is CCOC(=O)N1CCC(Nc2nc(C)cc(NCc3ccco3)n2)CC1. The van der Waals surface area contributed by atoms with Gasteiger partial charge in [0, 0.05) is 30.9 Å². The van der Waals surface area contributed by atoms with Crippen LogP contribution in [0.25, 0.3) is 0 Å². The number of hydrogen-bond donors (Lipinski definition) is 2. The normalized spacial score (nSPS) is 14.9. The van der Waals surface area contributed by atoms with E-state index < -0.39 is 0 Å². The van der Waals surface area contributed by atoms with Gasteiger partial charge >= 0.3 is 6.09 Å². The average molecular weight is 359 g/mol. The first-order valence-corrected chi connectivity index (χ1v) is 8.94. The second-order valence-corrected chi connectivity index (χ2v) is 6.26. The van der Waals surface area contributed by atoms with E-state index in [-0.39, 0.29) is 12.1 Å². The van der Waals surface area contributed by atoms with Gasteiger partial charge in [0.1, 0.15) is 11.6 Å². The molecule has 1 aliphatic heterocycles. The van der Waals surface area contributed by atoms with Gasteiger partial charge in [-0.15, -0.1) is 0 Å². The van der Waals surface area contributed by atoms with Crippen LogP contribution in [0.3, 0.4) is 0 Å². The molecule has 1 amide bonds. The number of aryl methyl sites for hydroxylation is 1. The maximum atomic E-state index is 11.8. The molecule has 0 aliphatic carbocycles. The molecule has 0 spiro atoms. The molecule has 8 nitrogen and oxygen atoms in total. The van der Waals surface area contributed by atoms with Gasteiger partial charge in [-0.05, 0) is 38.8 Å². The summed E-state index contributed by atoms with van der Waals surface area (Å²) in [6.07, 6.45) is 3.09. The van der Waals surface area contributed by atoms with Crippen molar-refractivity contribution in [1.82, 2.24) is 14.9 Å². The molecule has 0 atom stereocenters. The zero-order chi connectivity index (χ0) is 18.4. The number of ether oxygens (including phenoxy) is 1. The third kappa shape index (κ3) is 4.87. The van der Waals surface area contributed by atoms with Crippen molar-refractivity contribution in [2.24, 2.45) is 0 Å². The lowest BCUT2D eigenvalue weighted by Crippen LogP contribution is -2.42. The Hall–Kier alpha value is -2.77. The number of furan rings is 1. The smallest absolute Gasteiger partial charge is 0.409 e. The highest BCUT2D eigenvalue weighted by Crippen LogP contribution is 2.17. The molecule has 26 heavy (non-hydrogen) atoms. The fraction of sp³-hybridized carbons (Fsp3) is 0.500. The third-order valence-corrected chi connectivity index (χ3v) is 4.23. The quantitative estimate of drug-likeness (QED) is 0.819. The van der Waals surface area contributed by atoms with Gasteiger partial charge in [-0.25, -0.2) is 9.78 Å². The lowest BCUT2D eigenvalue weighted by molar-refractivity contribution is 0.0983. The van der Waals surface area contributed by atoms with Crippen LogP contribution in [0.4, 0.5) is 16.6 Å². The van der Waals surface area contributed by atoms with E-state index in [0.29, 0.717) is 32.2 Å². The number of carbonyl (C=O) groups excluding carboxylic acids is 1. The summed E-state index contributed by atoms with van der Waals surface area (Å²) in [4.78, 5) is 22.5. The summed E-state index contributed by atoms with van der Waals surface area (Å²) >= 11 is 0. The van der Waals surface area contributed by atoms with E-state index in [1.165, 1.54) is 0 Å². The van der Waals surface area contributed by atoms with E-state index >= 15 is 0 Å². The summed E-state index contributed by atoms with van der Waals surface area (Å²) in [7, 11) is 0. The minimum atomic E-state index is -0.234. The van der Waals surface area contributed by atoms with Crippen LogP contribution in [0.15, 0.2) is 28.9 Å². The predicted molar refractivity (Wildman–Crippen MR) is 98.0 cm³/mol. The largest absolute Gasteiger partial charge is 0.467 e. The number of nitrogens with one attached hydrogen (secondary N) is 2. The molecule has 0 bridgehead atoms. The zero-order valence-electron chi connectivity index (χ0n) is 15.2. The van der Waals surface area contributed by atoms with E-state index in [2.05, 4.69) is 20.6 Å². The van der Waals surface area contributed by atoms with Crippen molar-refractivity contribution in [3.63, 3.8) is 0 Å². The predicted octanol–water partition coefficient (Wildman–Crippen LogP) is 3.02. The zero-order valence-corrected chi connectivity index (χ0v) is 15.2. The Bertz CT molecular complexity index is 712. The molecule has 2 aromatic heterocycles. The minimum absolute atomic E-state index is 0.234. The second-order valence-electron chi connectivity index (χ2n) is 6.26. The number of rotatable bonds is 6. The average Bonchev–Trinajstić information content (AvgIpc) is 3.14. The van der Waals surface area contributed by atoms with E-state index in [9.17, 15) is 4.79 Å². The molecular formula is C18H25N5O3. The van der Waals surface area contributed by atoms with Gasteiger partial charge in [0.2, 0.25) is 5.95 Å². The first-order valence-electron chi connectivity index (χ1n) is 8.94. The first kappa shape index (κ1) is 18.0. The van der Waals surface area contributed by atoms with Crippen molar-refractivity contribution in [3.05, 3.63) is 35.9 Å². The van der Waals surface area contributed by atoms with Gasteiger partial charge in [-0.3, -0.25) is 0 Å². The summed E-state index contributed by atoms with van der Waals surface area (Å²) in [5.74, 6) is 2.20. The Labute approximate surface area is 153 Å². The molecular weight excluding hydrogens is 334 g/mol. The second kappa shape index (κ2) is 8.55. The van der Waals surface area contributed by atoms with Gasteiger partial charge in [-0.1, -0.05) is 0 Å². The number of hydrogen-bond acceptors (Lipinski definition) is 7. The maximum Gasteiger partial charge on any atom is 0.409 e. The van der Waals surface area contributed by atoms with Crippen LogP contribution in [0, 0.1) is 6.92 Å². The summed E-state index contributed by atoms with van der Waals surface area (Å²) in [5, 5.41) is 6.63. The number of nitrogens with zero attached hydrogens (tertiary/aromatic N) is 3. The third-order valence-electron chi connectivity index (χ3n) is 4.23. The van der Waals surface area contributed by atoms with Crippen LogP contribution < -0.4 is 10.6 Å². The van der Waals surface area contributed by atoms with Crippen molar-refractivity contribution in [3.8, 4) is 0 Å². The Morgan fingerprint density at radius 1 is 1.38 bits per heavy atom. The van der Waals surface area contributed by atoms with E-state index in [4.69, 9.17) is 9.15 Å². The van der Waals surface area contributed by atoms with Gasteiger partial charge in [0.05, 0.1) is 19.4 Å². The van der Waals surface area contributed by atoms with E-state index in [1.807, 2.05) is 32.0 Å². The molecule has 8 heteroatoms. The fourth-order valence-electron chi connectivity index (χ4n) is 2.92. The van der Waals surface area contributed by atoms with Crippen molar-refractivity contribution in [1.29, 1.82) is 0 Å². The fourth-order valence-corrected chi connectivity index (χ4v) is 2.92. The van der Waals surface area contributed by atoms with Crippen LogP contribution in [0.2, 0.25) is 0 Å². The highest BCUT2D eigenvalue weighted by molar-refractivity contribution is 5.67. The molecule has 0 unspecified atom stereocenters. The van der Waals surface area contributed by atoms with Crippen molar-refractivity contribution in [2.45, 2.75) is 39.3 Å². The van der Waals surface area contributed by atoms with Crippen LogP contribution in [-0.2, 0) is 11.3 Å². The molecule has 1 fully saturated rings. The molecule has 0 saturated carbocycles. The van der Waals surface area contributed by atoms with Gasteiger partial charge in [-0.2, -0.15) is 4.98 Å². The maximum absolute atomic E-state index is 11.8. The Kier molecular flexibility index (Phi) is 5.93. The van der Waals surface area contributed by atoms with Crippen molar-refractivity contribution < 1.29 is 13.9 Å². The highest BCUT2D eigenvalue weighted by Gasteiger charge is 2.24. The Morgan fingerprint density at radius 2 is 2.19 bits per heavy atom. The first-order chi connectivity index (χ1) is 12.6. The monoisotopic (exact) mass is 359 g/mol. The molecule has 1 saturated heterocycles. The van der Waals surface area contributed by atoms with Crippen molar-refractivity contribution in [2.75, 3.05) is 30.3 Å². The van der Waals surface area contributed by atoms with Gasteiger partial charge in [0.15, 0.2) is 0 Å². The number of piperidine rings is 1. The van der Waals surface area contributed by atoms with Crippen LogP contribution in [0.5, 0.6) is 0 Å². The molecule has 0 radical (unpaired) electrons. The Morgan fingerprint density at radius 3 is 2.88 bits per heavy atom. The highest BCUT2D eigenvalue weighted by atomic mass is 16.6. The number of carbonyl (C=O) groups is 1. The summed E-state index contributed by atoms with van der Waals surface area (Å²) in [6, 6.07) is 5.91. The van der Waals surface area contributed by atoms with E-state index in [0.717, 1.165) is 30.1 Å².